The summed E-state index contributed by atoms with van der Waals surface area (Å²) in [6, 6.07) is 6.62. The summed E-state index contributed by atoms with van der Waals surface area (Å²) in [7, 11) is 0. The van der Waals surface area contributed by atoms with E-state index in [4.69, 9.17) is 4.74 Å². The maximum Gasteiger partial charge on any atom is 0.263 e. The van der Waals surface area contributed by atoms with Crippen molar-refractivity contribution in [1.82, 2.24) is 15.1 Å². The molecule has 1 aromatic carbocycles. The van der Waals surface area contributed by atoms with Crippen molar-refractivity contribution in [3.8, 4) is 5.75 Å². The van der Waals surface area contributed by atoms with E-state index >= 15 is 0 Å². The largest absolute Gasteiger partial charge is 0.478 e. The number of hydrogen-bond acceptors (Lipinski definition) is 4. The lowest BCUT2D eigenvalue weighted by Crippen LogP contribution is -2.50. The van der Waals surface area contributed by atoms with Gasteiger partial charge in [-0.25, -0.2) is 4.39 Å². The molecule has 1 amide bonds. The van der Waals surface area contributed by atoms with Gasteiger partial charge in [0.05, 0.1) is 0 Å². The van der Waals surface area contributed by atoms with Crippen LogP contribution in [0.15, 0.2) is 24.3 Å². The van der Waals surface area contributed by atoms with Crippen molar-refractivity contribution in [2.24, 2.45) is 0 Å². The molecular formula is C17H25ClFN3O2. The van der Waals surface area contributed by atoms with Gasteiger partial charge in [0.25, 0.3) is 5.91 Å². The predicted molar refractivity (Wildman–Crippen MR) is 93.2 cm³/mol. The van der Waals surface area contributed by atoms with Gasteiger partial charge in [0, 0.05) is 45.3 Å². The molecular weight excluding hydrogens is 333 g/mol. The Bertz CT molecular complexity index is 554. The fraction of sp³-hybridized carbons (Fsp3) is 0.588. The summed E-state index contributed by atoms with van der Waals surface area (Å²) in [5.41, 5.74) is 0. The number of amides is 1. The van der Waals surface area contributed by atoms with E-state index in [0.29, 0.717) is 6.04 Å². The van der Waals surface area contributed by atoms with Gasteiger partial charge < -0.3 is 15.0 Å². The van der Waals surface area contributed by atoms with Crippen molar-refractivity contribution in [3.63, 3.8) is 0 Å². The number of ether oxygens (including phenoxy) is 1. The van der Waals surface area contributed by atoms with Gasteiger partial charge in [-0.2, -0.15) is 0 Å². The molecule has 2 heterocycles. The highest BCUT2D eigenvalue weighted by Crippen LogP contribution is 2.20. The number of carbonyl (C=O) groups excluding carboxylic acids is 1. The maximum atomic E-state index is 13.6. The minimum atomic E-state index is -0.673. The first kappa shape index (κ1) is 19.0. The highest BCUT2D eigenvalue weighted by molar-refractivity contribution is 5.85. The second kappa shape index (κ2) is 8.65. The summed E-state index contributed by atoms with van der Waals surface area (Å²) in [5, 5.41) is 3.35. The third kappa shape index (κ3) is 4.37. The van der Waals surface area contributed by atoms with Gasteiger partial charge in [-0.3, -0.25) is 9.69 Å². The first-order valence-corrected chi connectivity index (χ1v) is 8.30. The standard InChI is InChI=1S/C17H24FN3O2.ClH/c1-13(23-16-5-3-2-4-15(16)18)17(22)21-9-6-14(12-21)20-10-7-19-8-11-20;/h2-5,13-14,19H,6-12H2,1H3;1H. The van der Waals surface area contributed by atoms with Gasteiger partial charge in [0.2, 0.25) is 0 Å². The number of para-hydroxylation sites is 1. The Morgan fingerprint density at radius 3 is 2.71 bits per heavy atom. The number of piperazine rings is 1. The van der Waals surface area contributed by atoms with Crippen molar-refractivity contribution in [3.05, 3.63) is 30.1 Å². The van der Waals surface area contributed by atoms with Gasteiger partial charge in [-0.15, -0.1) is 12.4 Å². The number of hydrogen-bond donors (Lipinski definition) is 1. The second-order valence-corrected chi connectivity index (χ2v) is 6.20. The summed E-state index contributed by atoms with van der Waals surface area (Å²) in [5.74, 6) is -0.371. The summed E-state index contributed by atoms with van der Waals surface area (Å²) < 4.78 is 19.1. The number of benzene rings is 1. The van der Waals surface area contributed by atoms with Crippen molar-refractivity contribution in [1.29, 1.82) is 0 Å². The molecule has 2 aliphatic rings. The molecule has 0 saturated carbocycles. The van der Waals surface area contributed by atoms with E-state index in [1.807, 2.05) is 4.90 Å². The topological polar surface area (TPSA) is 44.8 Å². The van der Waals surface area contributed by atoms with E-state index in [-0.39, 0.29) is 24.1 Å². The Hall–Kier alpha value is -1.37. The molecule has 0 aromatic heterocycles. The highest BCUT2D eigenvalue weighted by Gasteiger charge is 2.33. The number of likely N-dealkylation sites (tertiary alicyclic amines) is 1. The van der Waals surface area contributed by atoms with Crippen molar-refractivity contribution < 1.29 is 13.9 Å². The van der Waals surface area contributed by atoms with Gasteiger partial charge in [0.15, 0.2) is 17.7 Å². The molecule has 0 bridgehead atoms. The van der Waals surface area contributed by atoms with Crippen LogP contribution in [0.5, 0.6) is 5.75 Å². The summed E-state index contributed by atoms with van der Waals surface area (Å²) in [4.78, 5) is 16.8. The van der Waals surface area contributed by atoms with E-state index in [9.17, 15) is 9.18 Å². The van der Waals surface area contributed by atoms with Crippen LogP contribution in [0, 0.1) is 5.82 Å². The Balaban J connectivity index is 0.00000208. The van der Waals surface area contributed by atoms with Gasteiger partial charge >= 0.3 is 0 Å². The number of nitrogens with one attached hydrogen (secondary N) is 1. The number of rotatable bonds is 4. The van der Waals surface area contributed by atoms with Crippen LogP contribution in [-0.2, 0) is 4.79 Å². The number of carbonyl (C=O) groups is 1. The van der Waals surface area contributed by atoms with Gasteiger partial charge in [-0.1, -0.05) is 12.1 Å². The summed E-state index contributed by atoms with van der Waals surface area (Å²) in [6.45, 7) is 7.27. The van der Waals surface area contributed by atoms with E-state index in [2.05, 4.69) is 10.2 Å². The zero-order chi connectivity index (χ0) is 16.2. The molecule has 2 saturated heterocycles. The minimum Gasteiger partial charge on any atom is -0.478 e. The number of halogens is 2. The quantitative estimate of drug-likeness (QED) is 0.887. The molecule has 3 rings (SSSR count). The molecule has 24 heavy (non-hydrogen) atoms. The smallest absolute Gasteiger partial charge is 0.263 e. The predicted octanol–water partition coefficient (Wildman–Crippen LogP) is 1.52. The number of nitrogens with zero attached hydrogens (tertiary/aromatic N) is 2. The molecule has 0 spiro atoms. The average Bonchev–Trinajstić information content (AvgIpc) is 3.07. The minimum absolute atomic E-state index is 0. The zero-order valence-electron chi connectivity index (χ0n) is 13.9. The van der Waals surface area contributed by atoms with E-state index in [1.165, 1.54) is 6.07 Å². The highest BCUT2D eigenvalue weighted by atomic mass is 35.5. The Labute approximate surface area is 148 Å². The lowest BCUT2D eigenvalue weighted by Gasteiger charge is -2.32. The lowest BCUT2D eigenvalue weighted by atomic mass is 10.2. The van der Waals surface area contributed by atoms with E-state index < -0.39 is 11.9 Å². The summed E-state index contributed by atoms with van der Waals surface area (Å²) >= 11 is 0. The van der Waals surface area contributed by atoms with Crippen LogP contribution in [0.3, 0.4) is 0 Å². The molecule has 2 atom stereocenters. The van der Waals surface area contributed by atoms with Crippen LogP contribution in [0.4, 0.5) is 4.39 Å². The Morgan fingerprint density at radius 2 is 2.00 bits per heavy atom. The van der Waals surface area contributed by atoms with Crippen LogP contribution in [0.1, 0.15) is 13.3 Å². The Morgan fingerprint density at radius 1 is 1.29 bits per heavy atom. The SMILES string of the molecule is CC(Oc1ccccc1F)C(=O)N1CCC(N2CCNCC2)C1.Cl. The van der Waals surface area contributed by atoms with Crippen LogP contribution >= 0.6 is 12.4 Å². The lowest BCUT2D eigenvalue weighted by molar-refractivity contribution is -0.137. The molecule has 5 nitrogen and oxygen atoms in total. The first-order valence-electron chi connectivity index (χ1n) is 8.30. The van der Waals surface area contributed by atoms with Crippen molar-refractivity contribution in [2.45, 2.75) is 25.5 Å². The van der Waals surface area contributed by atoms with E-state index in [1.54, 1.807) is 25.1 Å². The molecule has 134 valence electrons. The van der Waals surface area contributed by atoms with Gasteiger partial charge in [-0.05, 0) is 25.5 Å². The maximum absolute atomic E-state index is 13.6. The fourth-order valence-corrected chi connectivity index (χ4v) is 3.33. The molecule has 2 fully saturated rings. The Kier molecular flexibility index (Phi) is 6.83. The third-order valence-electron chi connectivity index (χ3n) is 4.63. The molecule has 1 N–H and O–H groups in total. The third-order valence-corrected chi connectivity index (χ3v) is 4.63. The van der Waals surface area contributed by atoms with Crippen LogP contribution in [-0.4, -0.2) is 67.1 Å². The normalized spacial score (nSPS) is 22.8. The molecule has 0 aliphatic carbocycles. The van der Waals surface area contributed by atoms with Gasteiger partial charge in [0.1, 0.15) is 0 Å². The molecule has 2 unspecified atom stereocenters. The zero-order valence-corrected chi connectivity index (χ0v) is 14.7. The monoisotopic (exact) mass is 357 g/mol. The van der Waals surface area contributed by atoms with Crippen LogP contribution < -0.4 is 10.1 Å². The molecule has 1 aromatic rings. The molecule has 0 radical (unpaired) electrons. The van der Waals surface area contributed by atoms with Crippen molar-refractivity contribution in [2.75, 3.05) is 39.3 Å². The molecule has 2 aliphatic heterocycles. The summed E-state index contributed by atoms with van der Waals surface area (Å²) in [6.07, 6.45) is 0.326. The van der Waals surface area contributed by atoms with Crippen LogP contribution in [0.25, 0.3) is 0 Å². The van der Waals surface area contributed by atoms with Crippen LogP contribution in [0.2, 0.25) is 0 Å². The van der Waals surface area contributed by atoms with Crippen molar-refractivity contribution >= 4 is 18.3 Å². The van der Waals surface area contributed by atoms with E-state index in [0.717, 1.165) is 45.7 Å². The average molecular weight is 358 g/mol. The first-order chi connectivity index (χ1) is 11.1. The molecule has 7 heteroatoms. The second-order valence-electron chi connectivity index (χ2n) is 6.20. The fourth-order valence-electron chi connectivity index (χ4n) is 3.33.